The number of sulfonamides is 1. The summed E-state index contributed by atoms with van der Waals surface area (Å²) >= 11 is 0. The van der Waals surface area contributed by atoms with Crippen molar-refractivity contribution in [3.63, 3.8) is 0 Å². The Bertz CT molecular complexity index is 713. The molecule has 0 spiro atoms. The lowest BCUT2D eigenvalue weighted by Gasteiger charge is -2.06. The molecule has 108 valence electrons. The molecule has 0 aliphatic heterocycles. The minimum atomic E-state index is -3.68. The van der Waals surface area contributed by atoms with E-state index in [-0.39, 0.29) is 23.4 Å². The summed E-state index contributed by atoms with van der Waals surface area (Å²) < 4.78 is 53.8. The van der Waals surface area contributed by atoms with Crippen LogP contribution in [0.2, 0.25) is 0 Å². The van der Waals surface area contributed by atoms with Crippen LogP contribution in [-0.2, 0) is 23.5 Å². The van der Waals surface area contributed by atoms with E-state index < -0.39 is 21.7 Å². The van der Waals surface area contributed by atoms with Crippen molar-refractivity contribution in [2.24, 2.45) is 7.05 Å². The van der Waals surface area contributed by atoms with E-state index in [0.29, 0.717) is 0 Å². The van der Waals surface area contributed by atoms with E-state index in [9.17, 15) is 17.2 Å². The molecule has 0 radical (unpaired) electrons. The number of aryl methyl sites for hydroxylation is 1. The lowest BCUT2D eigenvalue weighted by Crippen LogP contribution is -2.26. The molecule has 5 nitrogen and oxygen atoms in total. The molecule has 20 heavy (non-hydrogen) atoms. The molecule has 0 aliphatic rings. The van der Waals surface area contributed by atoms with Gasteiger partial charge in [0, 0.05) is 19.8 Å². The van der Waals surface area contributed by atoms with Crippen LogP contribution in [0.5, 0.6) is 0 Å². The van der Waals surface area contributed by atoms with Gasteiger partial charge in [0.05, 0.1) is 6.20 Å². The second kappa shape index (κ2) is 5.68. The normalized spacial score (nSPS) is 11.8. The molecule has 2 rings (SSSR count). The Morgan fingerprint density at radius 1 is 1.35 bits per heavy atom. The fourth-order valence-electron chi connectivity index (χ4n) is 1.68. The van der Waals surface area contributed by atoms with Crippen LogP contribution >= 0.6 is 0 Å². The van der Waals surface area contributed by atoms with E-state index in [1.165, 1.54) is 29.2 Å². The molecule has 1 N–H and O–H groups in total. The van der Waals surface area contributed by atoms with Crippen molar-refractivity contribution in [3.8, 4) is 0 Å². The summed E-state index contributed by atoms with van der Waals surface area (Å²) in [5, 5.41) is 3.76. The third-order valence-electron chi connectivity index (χ3n) is 2.71. The zero-order chi connectivity index (χ0) is 14.8. The van der Waals surface area contributed by atoms with Crippen LogP contribution in [0.3, 0.4) is 0 Å². The van der Waals surface area contributed by atoms with Crippen molar-refractivity contribution >= 4 is 10.0 Å². The number of halogens is 2. The Kier molecular flexibility index (Phi) is 4.15. The van der Waals surface area contributed by atoms with Crippen LogP contribution in [0, 0.1) is 11.6 Å². The Hall–Kier alpha value is -1.80. The van der Waals surface area contributed by atoms with Crippen LogP contribution in [0.1, 0.15) is 5.56 Å². The predicted molar refractivity (Wildman–Crippen MR) is 68.5 cm³/mol. The van der Waals surface area contributed by atoms with Crippen LogP contribution in [0.4, 0.5) is 8.78 Å². The Morgan fingerprint density at radius 2 is 2.10 bits per heavy atom. The predicted octanol–water partition coefficient (Wildman–Crippen LogP) is 1.22. The van der Waals surface area contributed by atoms with Gasteiger partial charge in [-0.3, -0.25) is 4.68 Å². The highest BCUT2D eigenvalue weighted by atomic mass is 32.2. The Labute approximate surface area is 115 Å². The van der Waals surface area contributed by atoms with Gasteiger partial charge in [-0.1, -0.05) is 12.1 Å². The van der Waals surface area contributed by atoms with Crippen molar-refractivity contribution in [2.45, 2.75) is 11.3 Å². The molecule has 0 saturated heterocycles. The van der Waals surface area contributed by atoms with Crippen molar-refractivity contribution in [3.05, 3.63) is 47.8 Å². The summed E-state index contributed by atoms with van der Waals surface area (Å²) in [6, 6.07) is 3.80. The molecular weight excluding hydrogens is 288 g/mol. The SMILES string of the molecule is Cn1cc(S(=O)(=O)NCCc2cccc(F)c2F)cn1. The summed E-state index contributed by atoms with van der Waals surface area (Å²) in [6.45, 7) is -0.0302. The molecule has 8 heteroatoms. The molecule has 1 aromatic heterocycles. The average Bonchev–Trinajstić information content (AvgIpc) is 2.82. The third-order valence-corrected chi connectivity index (χ3v) is 4.13. The van der Waals surface area contributed by atoms with E-state index >= 15 is 0 Å². The van der Waals surface area contributed by atoms with E-state index in [4.69, 9.17) is 0 Å². The van der Waals surface area contributed by atoms with Crippen LogP contribution in [0.25, 0.3) is 0 Å². The number of nitrogens with zero attached hydrogens (tertiary/aromatic N) is 2. The summed E-state index contributed by atoms with van der Waals surface area (Å²) in [6.07, 6.45) is 2.62. The summed E-state index contributed by atoms with van der Waals surface area (Å²) in [5.41, 5.74) is 0.124. The van der Waals surface area contributed by atoms with E-state index in [2.05, 4.69) is 9.82 Å². The zero-order valence-corrected chi connectivity index (χ0v) is 11.5. The Morgan fingerprint density at radius 3 is 2.75 bits per heavy atom. The van der Waals surface area contributed by atoms with E-state index in [0.717, 1.165) is 6.07 Å². The first kappa shape index (κ1) is 14.6. The van der Waals surface area contributed by atoms with Crippen LogP contribution < -0.4 is 4.72 Å². The maximum absolute atomic E-state index is 13.4. The number of nitrogens with one attached hydrogen (secondary N) is 1. The molecule has 0 atom stereocenters. The number of rotatable bonds is 5. The van der Waals surface area contributed by atoms with Gasteiger partial charge >= 0.3 is 0 Å². The quantitative estimate of drug-likeness (QED) is 0.903. The first-order chi connectivity index (χ1) is 9.40. The van der Waals surface area contributed by atoms with Gasteiger partial charge in [0.2, 0.25) is 10.0 Å². The highest BCUT2D eigenvalue weighted by Gasteiger charge is 2.16. The lowest BCUT2D eigenvalue weighted by molar-refractivity contribution is 0.498. The monoisotopic (exact) mass is 301 g/mol. The first-order valence-corrected chi connectivity index (χ1v) is 7.29. The minimum Gasteiger partial charge on any atom is -0.274 e. The first-order valence-electron chi connectivity index (χ1n) is 5.81. The fourth-order valence-corrected chi connectivity index (χ4v) is 2.70. The van der Waals surface area contributed by atoms with Gasteiger partial charge < -0.3 is 0 Å². The zero-order valence-electron chi connectivity index (χ0n) is 10.7. The molecule has 0 saturated carbocycles. The van der Waals surface area contributed by atoms with Crippen molar-refractivity contribution < 1.29 is 17.2 Å². The highest BCUT2D eigenvalue weighted by Crippen LogP contribution is 2.12. The second-order valence-electron chi connectivity index (χ2n) is 4.21. The molecular formula is C12H13F2N3O2S. The van der Waals surface area contributed by atoms with Gasteiger partial charge in [-0.2, -0.15) is 5.10 Å². The fraction of sp³-hybridized carbons (Fsp3) is 0.250. The van der Waals surface area contributed by atoms with E-state index in [1.807, 2.05) is 0 Å². The highest BCUT2D eigenvalue weighted by molar-refractivity contribution is 7.89. The summed E-state index contributed by atoms with van der Waals surface area (Å²) in [7, 11) is -2.08. The number of aromatic nitrogens is 2. The number of hydrogen-bond donors (Lipinski definition) is 1. The van der Waals surface area contributed by atoms with Gasteiger partial charge in [0.1, 0.15) is 4.90 Å². The topological polar surface area (TPSA) is 64.0 Å². The summed E-state index contributed by atoms with van der Waals surface area (Å²) in [5.74, 6) is -1.90. The smallest absolute Gasteiger partial charge is 0.243 e. The van der Waals surface area contributed by atoms with E-state index in [1.54, 1.807) is 7.05 Å². The molecule has 0 aliphatic carbocycles. The van der Waals surface area contributed by atoms with Crippen molar-refractivity contribution in [1.82, 2.24) is 14.5 Å². The molecule has 1 aromatic carbocycles. The third kappa shape index (κ3) is 3.20. The number of benzene rings is 1. The van der Waals surface area contributed by atoms with Gasteiger partial charge in [-0.05, 0) is 18.1 Å². The van der Waals surface area contributed by atoms with Crippen molar-refractivity contribution in [1.29, 1.82) is 0 Å². The molecule has 0 unspecified atom stereocenters. The van der Waals surface area contributed by atoms with Crippen LogP contribution in [0.15, 0.2) is 35.5 Å². The van der Waals surface area contributed by atoms with Gasteiger partial charge in [-0.15, -0.1) is 0 Å². The Balaban J connectivity index is 2.01. The average molecular weight is 301 g/mol. The van der Waals surface area contributed by atoms with Gasteiger partial charge in [0.15, 0.2) is 11.6 Å². The minimum absolute atomic E-state index is 0.0275. The van der Waals surface area contributed by atoms with Crippen molar-refractivity contribution in [2.75, 3.05) is 6.54 Å². The molecule has 2 aromatic rings. The lowest BCUT2D eigenvalue weighted by atomic mass is 10.1. The molecule has 0 fully saturated rings. The molecule has 0 bridgehead atoms. The van der Waals surface area contributed by atoms with Crippen LogP contribution in [-0.4, -0.2) is 24.7 Å². The van der Waals surface area contributed by atoms with Gasteiger partial charge in [0.25, 0.3) is 0 Å². The standard InChI is InChI=1S/C12H13F2N3O2S/c1-17-8-10(7-15-17)20(18,19)16-6-5-9-3-2-4-11(13)12(9)14/h2-4,7-8,16H,5-6H2,1H3. The number of hydrogen-bond acceptors (Lipinski definition) is 3. The second-order valence-corrected chi connectivity index (χ2v) is 5.98. The largest absolute Gasteiger partial charge is 0.274 e. The molecule has 1 heterocycles. The van der Waals surface area contributed by atoms with Gasteiger partial charge in [-0.25, -0.2) is 21.9 Å². The maximum atomic E-state index is 13.4. The summed E-state index contributed by atoms with van der Waals surface area (Å²) in [4.78, 5) is 0.0275. The molecule has 0 amide bonds. The maximum Gasteiger partial charge on any atom is 0.243 e.